The van der Waals surface area contributed by atoms with Gasteiger partial charge in [-0.3, -0.25) is 14.2 Å². The van der Waals surface area contributed by atoms with Crippen molar-refractivity contribution in [3.63, 3.8) is 0 Å². The first kappa shape index (κ1) is 66.0. The van der Waals surface area contributed by atoms with Crippen LogP contribution in [0.15, 0.2) is 48.6 Å². The number of ether oxygens (including phenoxy) is 1. The first-order valence-electron chi connectivity index (χ1n) is 28.4. The summed E-state index contributed by atoms with van der Waals surface area (Å²) in [5.74, 6) is -0.554. The summed E-state index contributed by atoms with van der Waals surface area (Å²) in [5.41, 5.74) is 0. The predicted octanol–water partition coefficient (Wildman–Crippen LogP) is 16.3. The standard InChI is InChI=1S/C58H109N2O7P/c1-7-10-13-16-19-22-25-27-28-29-30-31-32-33-36-39-42-45-48-51-58(62)67-56(49-46-43-40-37-35-26-23-20-17-14-11-8-2)55(54-66-68(63,64)65-53-52-60(4,5)6)59-57(61)50-47-44-41-38-34-24-21-18-15-12-9-3/h18-19,21-22,27-28,46,49,55-56H,7-17,20,23-26,29-45,47-48,50-54H2,1-6H3,(H-,59,61,63,64)/b21-18-,22-19-,28-27-,49-46-. The number of phosphoric ester groups is 1. The summed E-state index contributed by atoms with van der Waals surface area (Å²) in [6.07, 6.45) is 57.9. The van der Waals surface area contributed by atoms with E-state index in [1.54, 1.807) is 0 Å². The molecule has 0 saturated carbocycles. The zero-order valence-electron chi connectivity index (χ0n) is 45.3. The molecule has 0 aliphatic carbocycles. The average Bonchev–Trinajstić information content (AvgIpc) is 3.29. The van der Waals surface area contributed by atoms with E-state index in [1.807, 2.05) is 33.3 Å². The summed E-state index contributed by atoms with van der Waals surface area (Å²) in [7, 11) is 1.18. The number of quaternary nitrogens is 1. The Hall–Kier alpha value is -2.03. The highest BCUT2D eigenvalue weighted by Crippen LogP contribution is 2.38. The highest BCUT2D eigenvalue weighted by atomic mass is 31.2. The topological polar surface area (TPSA) is 114 Å². The summed E-state index contributed by atoms with van der Waals surface area (Å²) < 4.78 is 30.2. The van der Waals surface area contributed by atoms with Gasteiger partial charge in [0.2, 0.25) is 5.91 Å². The molecular weight excluding hydrogens is 868 g/mol. The lowest BCUT2D eigenvalue weighted by molar-refractivity contribution is -0.870. The zero-order chi connectivity index (χ0) is 50.1. The molecule has 0 spiro atoms. The van der Waals surface area contributed by atoms with Gasteiger partial charge in [-0.1, -0.05) is 211 Å². The number of carbonyl (C=O) groups is 2. The summed E-state index contributed by atoms with van der Waals surface area (Å²) in [6, 6.07) is -0.891. The molecule has 1 amide bonds. The Morgan fingerprint density at radius 1 is 0.515 bits per heavy atom. The first-order valence-corrected chi connectivity index (χ1v) is 29.9. The minimum absolute atomic E-state index is 0.0246. The van der Waals surface area contributed by atoms with Crippen molar-refractivity contribution in [2.75, 3.05) is 40.9 Å². The van der Waals surface area contributed by atoms with Crippen LogP contribution >= 0.6 is 7.82 Å². The number of phosphoric acid groups is 1. The Morgan fingerprint density at radius 2 is 0.912 bits per heavy atom. The van der Waals surface area contributed by atoms with Crippen LogP contribution in [-0.2, 0) is 27.9 Å². The molecule has 0 aromatic heterocycles. The third-order valence-corrected chi connectivity index (χ3v) is 13.4. The highest BCUT2D eigenvalue weighted by molar-refractivity contribution is 7.45. The fourth-order valence-corrected chi connectivity index (χ4v) is 8.73. The molecule has 0 bridgehead atoms. The Labute approximate surface area is 420 Å². The number of hydrogen-bond acceptors (Lipinski definition) is 7. The molecule has 398 valence electrons. The van der Waals surface area contributed by atoms with Crippen molar-refractivity contribution in [3.8, 4) is 0 Å². The number of likely N-dealkylation sites (N-methyl/N-ethyl adjacent to an activating group) is 1. The van der Waals surface area contributed by atoms with Crippen LogP contribution in [0.3, 0.4) is 0 Å². The van der Waals surface area contributed by atoms with Crippen molar-refractivity contribution in [2.24, 2.45) is 0 Å². The van der Waals surface area contributed by atoms with E-state index < -0.39 is 26.6 Å². The van der Waals surface area contributed by atoms with Gasteiger partial charge < -0.3 is 28.5 Å². The second-order valence-corrected chi connectivity index (χ2v) is 21.8. The molecule has 3 unspecified atom stereocenters. The molecule has 9 nitrogen and oxygen atoms in total. The number of hydrogen-bond donors (Lipinski definition) is 1. The Balaban J connectivity index is 5.29. The van der Waals surface area contributed by atoms with E-state index in [0.717, 1.165) is 96.3 Å². The van der Waals surface area contributed by atoms with Gasteiger partial charge in [-0.05, 0) is 83.1 Å². The quantitative estimate of drug-likeness (QED) is 0.0212. The van der Waals surface area contributed by atoms with E-state index in [0.29, 0.717) is 17.4 Å². The molecule has 10 heteroatoms. The lowest BCUT2D eigenvalue weighted by Crippen LogP contribution is -2.47. The monoisotopic (exact) mass is 977 g/mol. The molecule has 1 N–H and O–H groups in total. The molecule has 0 aliphatic heterocycles. The van der Waals surface area contributed by atoms with Gasteiger partial charge in [0.1, 0.15) is 19.3 Å². The molecular formula is C58H109N2O7P. The van der Waals surface area contributed by atoms with Gasteiger partial charge in [-0.25, -0.2) is 0 Å². The van der Waals surface area contributed by atoms with Crippen molar-refractivity contribution in [1.82, 2.24) is 5.32 Å². The number of esters is 1. The number of unbranched alkanes of at least 4 members (excludes halogenated alkanes) is 29. The van der Waals surface area contributed by atoms with Crippen LogP contribution in [0, 0.1) is 0 Å². The van der Waals surface area contributed by atoms with Crippen molar-refractivity contribution >= 4 is 19.7 Å². The Bertz CT molecular complexity index is 1310. The van der Waals surface area contributed by atoms with Crippen molar-refractivity contribution in [1.29, 1.82) is 0 Å². The van der Waals surface area contributed by atoms with Gasteiger partial charge in [0.05, 0.1) is 33.8 Å². The first-order chi connectivity index (χ1) is 32.9. The summed E-state index contributed by atoms with van der Waals surface area (Å²) in [6.45, 7) is 6.77. The van der Waals surface area contributed by atoms with Crippen LogP contribution in [0.5, 0.6) is 0 Å². The van der Waals surface area contributed by atoms with Crippen molar-refractivity contribution in [2.45, 2.75) is 270 Å². The molecule has 3 atom stereocenters. The van der Waals surface area contributed by atoms with Crippen LogP contribution in [0.1, 0.15) is 258 Å². The number of rotatable bonds is 51. The van der Waals surface area contributed by atoms with Crippen LogP contribution in [0.2, 0.25) is 0 Å². The second-order valence-electron chi connectivity index (χ2n) is 20.4. The van der Waals surface area contributed by atoms with Gasteiger partial charge >= 0.3 is 5.97 Å². The number of carbonyl (C=O) groups excluding carboxylic acids is 2. The predicted molar refractivity (Wildman–Crippen MR) is 289 cm³/mol. The normalized spacial score (nSPS) is 14.2. The summed E-state index contributed by atoms with van der Waals surface area (Å²) in [5, 5.41) is 3.01. The molecule has 0 saturated heterocycles. The smallest absolute Gasteiger partial charge is 0.306 e. The van der Waals surface area contributed by atoms with Gasteiger partial charge in [-0.15, -0.1) is 0 Å². The third kappa shape index (κ3) is 49.0. The van der Waals surface area contributed by atoms with Crippen molar-refractivity contribution in [3.05, 3.63) is 48.6 Å². The lowest BCUT2D eigenvalue weighted by atomic mass is 10.0. The van der Waals surface area contributed by atoms with Gasteiger partial charge in [0.25, 0.3) is 7.82 Å². The fraction of sp³-hybridized carbons (Fsp3) is 0.828. The van der Waals surface area contributed by atoms with Gasteiger partial charge in [0.15, 0.2) is 0 Å². The maximum atomic E-state index is 13.4. The molecule has 0 rings (SSSR count). The second kappa shape index (κ2) is 48.6. The Morgan fingerprint density at radius 3 is 1.41 bits per heavy atom. The molecule has 0 radical (unpaired) electrons. The largest absolute Gasteiger partial charge is 0.756 e. The number of nitrogens with zero attached hydrogens (tertiary/aromatic N) is 1. The van der Waals surface area contributed by atoms with E-state index >= 15 is 0 Å². The van der Waals surface area contributed by atoms with Crippen LogP contribution < -0.4 is 10.2 Å². The maximum absolute atomic E-state index is 13.4. The summed E-state index contributed by atoms with van der Waals surface area (Å²) >= 11 is 0. The molecule has 0 aromatic carbocycles. The van der Waals surface area contributed by atoms with E-state index in [4.69, 9.17) is 13.8 Å². The van der Waals surface area contributed by atoms with E-state index in [2.05, 4.69) is 62.5 Å². The number of nitrogens with one attached hydrogen (secondary N) is 1. The molecule has 0 aliphatic rings. The van der Waals surface area contributed by atoms with Gasteiger partial charge in [-0.2, -0.15) is 0 Å². The zero-order valence-corrected chi connectivity index (χ0v) is 46.2. The van der Waals surface area contributed by atoms with E-state index in [9.17, 15) is 19.0 Å². The molecule has 0 fully saturated rings. The number of allylic oxidation sites excluding steroid dienone is 7. The molecule has 0 heterocycles. The lowest BCUT2D eigenvalue weighted by Gasteiger charge is -2.30. The SMILES string of the molecule is CCCC/C=C\CCCCCCCC(=O)NC(COP(=O)([O-])OCC[N+](C)(C)C)C(/C=C\CCCCCCCCCCCC)OC(=O)CCCCCCCCCCC/C=C\C/C=C\CCCCC. The van der Waals surface area contributed by atoms with Crippen LogP contribution in [0.4, 0.5) is 0 Å². The average molecular weight is 977 g/mol. The third-order valence-electron chi connectivity index (χ3n) is 12.5. The van der Waals surface area contributed by atoms with E-state index in [-0.39, 0.29) is 24.9 Å². The minimum Gasteiger partial charge on any atom is -0.756 e. The molecule has 68 heavy (non-hydrogen) atoms. The van der Waals surface area contributed by atoms with Crippen molar-refractivity contribution < 1.29 is 37.3 Å². The molecule has 0 aromatic rings. The summed E-state index contributed by atoms with van der Waals surface area (Å²) in [4.78, 5) is 39.8. The van der Waals surface area contributed by atoms with Crippen LogP contribution in [-0.4, -0.2) is 69.4 Å². The maximum Gasteiger partial charge on any atom is 0.306 e. The highest BCUT2D eigenvalue weighted by Gasteiger charge is 2.27. The fourth-order valence-electron chi connectivity index (χ4n) is 8.00. The van der Waals surface area contributed by atoms with Crippen LogP contribution in [0.25, 0.3) is 0 Å². The Kier molecular flexibility index (Phi) is 47.1. The number of amides is 1. The van der Waals surface area contributed by atoms with Gasteiger partial charge in [0, 0.05) is 12.8 Å². The van der Waals surface area contributed by atoms with E-state index in [1.165, 1.54) is 128 Å². The minimum atomic E-state index is -4.69.